The van der Waals surface area contributed by atoms with Crippen molar-refractivity contribution in [3.05, 3.63) is 52.4 Å². The second-order valence-electron chi connectivity index (χ2n) is 3.98. The Morgan fingerprint density at radius 1 is 1.22 bits per heavy atom. The van der Waals surface area contributed by atoms with Crippen LogP contribution in [0.15, 0.2) is 30.3 Å². The third-order valence-corrected chi connectivity index (χ3v) is 2.81. The minimum absolute atomic E-state index is 0.414. The van der Waals surface area contributed by atoms with Crippen molar-refractivity contribution in [3.8, 4) is 5.88 Å². The summed E-state index contributed by atoms with van der Waals surface area (Å²) in [5.74, 6) is 1.21. The van der Waals surface area contributed by atoms with Gasteiger partial charge in [0, 0.05) is 12.5 Å². The monoisotopic (exact) mass is 262 g/mol. The van der Waals surface area contributed by atoms with E-state index < -0.39 is 0 Å². The lowest BCUT2D eigenvalue weighted by atomic mass is 10.1. The van der Waals surface area contributed by atoms with Crippen LogP contribution >= 0.6 is 11.6 Å². The van der Waals surface area contributed by atoms with Crippen LogP contribution in [0, 0.1) is 6.92 Å². The van der Waals surface area contributed by atoms with E-state index in [9.17, 15) is 0 Å². The Labute approximate surface area is 112 Å². The largest absolute Gasteiger partial charge is 0.478 e. The highest BCUT2D eigenvalue weighted by Gasteiger charge is 2.06. The fourth-order valence-corrected chi connectivity index (χ4v) is 1.91. The van der Waals surface area contributed by atoms with Crippen LogP contribution in [0.25, 0.3) is 0 Å². The topological polar surface area (TPSA) is 35.0 Å². The summed E-state index contributed by atoms with van der Waals surface area (Å²) in [6, 6.07) is 9.80. The molecule has 0 radical (unpaired) electrons. The van der Waals surface area contributed by atoms with Crippen molar-refractivity contribution in [3.63, 3.8) is 0 Å². The molecule has 0 saturated heterocycles. The second-order valence-corrected chi connectivity index (χ2v) is 4.37. The lowest BCUT2D eigenvalue weighted by molar-refractivity contribution is 0.325. The Kier molecular flexibility index (Phi) is 4.15. The SMILES string of the molecule is CCOc1cc(Cl)nc(Cc2ccccc2C)n1. The first-order chi connectivity index (χ1) is 8.69. The molecule has 0 fully saturated rings. The summed E-state index contributed by atoms with van der Waals surface area (Å²) in [5.41, 5.74) is 2.42. The van der Waals surface area contributed by atoms with Crippen LogP contribution in [-0.4, -0.2) is 16.6 Å². The van der Waals surface area contributed by atoms with E-state index in [0.29, 0.717) is 29.9 Å². The number of aromatic nitrogens is 2. The van der Waals surface area contributed by atoms with Gasteiger partial charge in [-0.15, -0.1) is 0 Å². The van der Waals surface area contributed by atoms with Crippen LogP contribution < -0.4 is 4.74 Å². The molecule has 0 aliphatic heterocycles. The average Bonchev–Trinajstić information content (AvgIpc) is 2.32. The molecule has 0 spiro atoms. The number of rotatable bonds is 4. The van der Waals surface area contributed by atoms with Crippen molar-refractivity contribution >= 4 is 11.6 Å². The van der Waals surface area contributed by atoms with Crippen molar-refractivity contribution in [2.45, 2.75) is 20.3 Å². The smallest absolute Gasteiger partial charge is 0.218 e. The molecule has 2 aromatic rings. The summed E-state index contributed by atoms with van der Waals surface area (Å²) < 4.78 is 5.36. The van der Waals surface area contributed by atoms with Gasteiger partial charge in [-0.25, -0.2) is 4.98 Å². The molecule has 2 rings (SSSR count). The second kappa shape index (κ2) is 5.83. The molecular formula is C14H15ClN2O. The molecule has 0 N–H and O–H groups in total. The molecule has 0 aliphatic carbocycles. The normalized spacial score (nSPS) is 10.4. The third kappa shape index (κ3) is 3.20. The zero-order chi connectivity index (χ0) is 13.0. The maximum Gasteiger partial charge on any atom is 0.218 e. The highest BCUT2D eigenvalue weighted by atomic mass is 35.5. The van der Waals surface area contributed by atoms with Gasteiger partial charge in [-0.3, -0.25) is 0 Å². The molecule has 0 atom stereocenters. The number of halogens is 1. The third-order valence-electron chi connectivity index (χ3n) is 2.62. The Morgan fingerprint density at radius 2 is 2.00 bits per heavy atom. The Hall–Kier alpha value is -1.61. The highest BCUT2D eigenvalue weighted by Crippen LogP contribution is 2.17. The van der Waals surface area contributed by atoms with E-state index >= 15 is 0 Å². The summed E-state index contributed by atoms with van der Waals surface area (Å²) in [6.45, 7) is 4.55. The first-order valence-electron chi connectivity index (χ1n) is 5.90. The van der Waals surface area contributed by atoms with Crippen molar-refractivity contribution in [2.75, 3.05) is 6.61 Å². The molecule has 4 heteroatoms. The predicted octanol–water partition coefficient (Wildman–Crippen LogP) is 3.43. The van der Waals surface area contributed by atoms with Crippen molar-refractivity contribution in [1.29, 1.82) is 0 Å². The number of ether oxygens (including phenoxy) is 1. The molecule has 0 bridgehead atoms. The van der Waals surface area contributed by atoms with E-state index in [-0.39, 0.29) is 0 Å². The molecule has 1 heterocycles. The quantitative estimate of drug-likeness (QED) is 0.792. The van der Waals surface area contributed by atoms with Crippen molar-refractivity contribution in [2.24, 2.45) is 0 Å². The first kappa shape index (κ1) is 12.8. The van der Waals surface area contributed by atoms with E-state index in [1.165, 1.54) is 11.1 Å². The first-order valence-corrected chi connectivity index (χ1v) is 6.27. The van der Waals surface area contributed by atoms with Gasteiger partial charge in [-0.1, -0.05) is 35.9 Å². The molecule has 0 unspecified atom stereocenters. The van der Waals surface area contributed by atoms with E-state index in [2.05, 4.69) is 29.0 Å². The molecule has 1 aromatic heterocycles. The highest BCUT2D eigenvalue weighted by molar-refractivity contribution is 6.29. The summed E-state index contributed by atoms with van der Waals surface area (Å²) in [7, 11) is 0. The van der Waals surface area contributed by atoms with Gasteiger partial charge in [-0.2, -0.15) is 4.98 Å². The fourth-order valence-electron chi connectivity index (χ4n) is 1.72. The van der Waals surface area contributed by atoms with Gasteiger partial charge in [0.15, 0.2) is 0 Å². The van der Waals surface area contributed by atoms with Gasteiger partial charge in [0.1, 0.15) is 11.0 Å². The van der Waals surface area contributed by atoms with Gasteiger partial charge in [-0.05, 0) is 25.0 Å². The van der Waals surface area contributed by atoms with Gasteiger partial charge in [0.05, 0.1) is 6.61 Å². The van der Waals surface area contributed by atoms with E-state index in [1.54, 1.807) is 6.07 Å². The molecule has 94 valence electrons. The maximum atomic E-state index is 5.96. The van der Waals surface area contributed by atoms with E-state index in [1.807, 2.05) is 19.1 Å². The zero-order valence-electron chi connectivity index (χ0n) is 10.5. The molecule has 0 aliphatic rings. The van der Waals surface area contributed by atoms with Crippen LogP contribution in [0.1, 0.15) is 23.9 Å². The van der Waals surface area contributed by atoms with Crippen LogP contribution in [0.2, 0.25) is 5.15 Å². The number of hydrogen-bond donors (Lipinski definition) is 0. The minimum Gasteiger partial charge on any atom is -0.478 e. The Bertz CT molecular complexity index is 543. The molecule has 3 nitrogen and oxygen atoms in total. The Balaban J connectivity index is 2.26. The van der Waals surface area contributed by atoms with Crippen LogP contribution in [0.5, 0.6) is 5.88 Å². The van der Waals surface area contributed by atoms with Crippen LogP contribution in [0.4, 0.5) is 0 Å². The van der Waals surface area contributed by atoms with Gasteiger partial charge in [0.25, 0.3) is 0 Å². The molecule has 0 amide bonds. The maximum absolute atomic E-state index is 5.96. The van der Waals surface area contributed by atoms with Gasteiger partial charge >= 0.3 is 0 Å². The van der Waals surface area contributed by atoms with Gasteiger partial charge < -0.3 is 4.74 Å². The molecule has 0 saturated carbocycles. The predicted molar refractivity (Wildman–Crippen MR) is 72.2 cm³/mol. The van der Waals surface area contributed by atoms with Crippen LogP contribution in [-0.2, 0) is 6.42 Å². The molecule has 1 aromatic carbocycles. The summed E-state index contributed by atoms with van der Waals surface area (Å²) in [4.78, 5) is 8.57. The zero-order valence-corrected chi connectivity index (χ0v) is 11.2. The van der Waals surface area contributed by atoms with E-state index in [0.717, 1.165) is 0 Å². The minimum atomic E-state index is 0.414. The molecular weight excluding hydrogens is 248 g/mol. The number of hydrogen-bond acceptors (Lipinski definition) is 3. The standard InChI is InChI=1S/C14H15ClN2O/c1-3-18-14-9-12(15)16-13(17-14)8-11-7-5-4-6-10(11)2/h4-7,9H,3,8H2,1-2H3. The van der Waals surface area contributed by atoms with Gasteiger partial charge in [0.2, 0.25) is 5.88 Å². The number of benzene rings is 1. The lowest BCUT2D eigenvalue weighted by Gasteiger charge is -2.07. The van der Waals surface area contributed by atoms with E-state index in [4.69, 9.17) is 16.3 Å². The van der Waals surface area contributed by atoms with Crippen molar-refractivity contribution < 1.29 is 4.74 Å². The number of nitrogens with zero attached hydrogens (tertiary/aromatic N) is 2. The summed E-state index contributed by atoms with van der Waals surface area (Å²) in [5, 5.41) is 0.414. The number of aryl methyl sites for hydroxylation is 1. The lowest BCUT2D eigenvalue weighted by Crippen LogP contribution is -2.02. The average molecular weight is 263 g/mol. The van der Waals surface area contributed by atoms with Crippen molar-refractivity contribution in [1.82, 2.24) is 9.97 Å². The summed E-state index contributed by atoms with van der Waals surface area (Å²) >= 11 is 5.96. The Morgan fingerprint density at radius 3 is 2.72 bits per heavy atom. The molecule has 18 heavy (non-hydrogen) atoms. The van der Waals surface area contributed by atoms with Crippen LogP contribution in [0.3, 0.4) is 0 Å². The fraction of sp³-hybridized carbons (Fsp3) is 0.286. The summed E-state index contributed by atoms with van der Waals surface area (Å²) in [6.07, 6.45) is 0.660.